The molecular weight excluding hydrogens is 126 g/mol. The highest BCUT2D eigenvalue weighted by molar-refractivity contribution is 5.41. The molecule has 0 aromatic carbocycles. The average Bonchev–Trinajstić information content (AvgIpc) is 2.41. The summed E-state index contributed by atoms with van der Waals surface area (Å²) in [5.41, 5.74) is 5.29. The highest BCUT2D eigenvalue weighted by Gasteiger charge is 1.84. The topological polar surface area (TPSA) is 39.2 Å². The van der Waals surface area contributed by atoms with Gasteiger partial charge >= 0.3 is 0 Å². The van der Waals surface area contributed by atoms with Crippen molar-refractivity contribution >= 4 is 6.08 Å². The third-order valence-electron chi connectivity index (χ3n) is 1.16. The first kappa shape index (κ1) is 7.09. The van der Waals surface area contributed by atoms with Gasteiger partial charge in [0, 0.05) is 0 Å². The van der Waals surface area contributed by atoms with E-state index in [1.54, 1.807) is 6.26 Å². The van der Waals surface area contributed by atoms with Gasteiger partial charge in [0.05, 0.1) is 6.26 Å². The van der Waals surface area contributed by atoms with Crippen LogP contribution in [0.2, 0.25) is 0 Å². The smallest absolute Gasteiger partial charge is 0.126 e. The van der Waals surface area contributed by atoms with Crippen molar-refractivity contribution in [2.45, 2.75) is 6.42 Å². The molecule has 2 N–H and O–H groups in total. The summed E-state index contributed by atoms with van der Waals surface area (Å²) in [4.78, 5) is 0. The second-order valence-electron chi connectivity index (χ2n) is 2.00. The zero-order chi connectivity index (χ0) is 7.23. The Morgan fingerprint density at radius 2 is 2.50 bits per heavy atom. The monoisotopic (exact) mass is 137 g/mol. The first-order valence-corrected chi connectivity index (χ1v) is 3.33. The molecule has 1 aromatic rings. The Hall–Kier alpha value is -1.02. The second kappa shape index (κ2) is 3.90. The van der Waals surface area contributed by atoms with Crippen LogP contribution in [0.3, 0.4) is 0 Å². The molecule has 0 saturated carbocycles. The normalized spacial score (nSPS) is 10.9. The van der Waals surface area contributed by atoms with Crippen LogP contribution in [0.25, 0.3) is 6.08 Å². The predicted molar refractivity (Wildman–Crippen MR) is 41.4 cm³/mol. The van der Waals surface area contributed by atoms with Gasteiger partial charge in [-0.1, -0.05) is 6.08 Å². The molecule has 2 heteroatoms. The molecule has 1 aromatic heterocycles. The quantitative estimate of drug-likeness (QED) is 0.687. The van der Waals surface area contributed by atoms with Crippen LogP contribution in [0.4, 0.5) is 0 Å². The summed E-state index contributed by atoms with van der Waals surface area (Å²) >= 11 is 0. The molecule has 10 heavy (non-hydrogen) atoms. The first-order valence-electron chi connectivity index (χ1n) is 3.33. The zero-order valence-corrected chi connectivity index (χ0v) is 5.79. The molecule has 0 unspecified atom stereocenters. The summed E-state index contributed by atoms with van der Waals surface area (Å²) in [5.74, 6) is 0.883. The largest absolute Gasteiger partial charge is 0.465 e. The van der Waals surface area contributed by atoms with Gasteiger partial charge in [0.15, 0.2) is 0 Å². The summed E-state index contributed by atoms with van der Waals surface area (Å²) in [6.45, 7) is 0.692. The van der Waals surface area contributed by atoms with Gasteiger partial charge in [-0.15, -0.1) is 0 Å². The fourth-order valence-corrected chi connectivity index (χ4v) is 0.682. The number of hydrogen-bond acceptors (Lipinski definition) is 2. The Labute approximate surface area is 60.3 Å². The van der Waals surface area contributed by atoms with Crippen molar-refractivity contribution in [3.05, 3.63) is 30.2 Å². The van der Waals surface area contributed by atoms with E-state index in [1.807, 2.05) is 24.3 Å². The lowest BCUT2D eigenvalue weighted by Gasteiger charge is -1.83. The molecule has 54 valence electrons. The van der Waals surface area contributed by atoms with E-state index in [9.17, 15) is 0 Å². The Bertz CT molecular complexity index is 189. The van der Waals surface area contributed by atoms with Crippen LogP contribution in [0.1, 0.15) is 12.2 Å². The van der Waals surface area contributed by atoms with Crippen LogP contribution in [-0.2, 0) is 0 Å². The van der Waals surface area contributed by atoms with Crippen LogP contribution in [-0.4, -0.2) is 6.54 Å². The maximum Gasteiger partial charge on any atom is 0.126 e. The third kappa shape index (κ3) is 2.07. The molecule has 0 aliphatic carbocycles. The molecule has 0 spiro atoms. The lowest BCUT2D eigenvalue weighted by atomic mass is 10.3. The first-order chi connectivity index (χ1) is 4.93. The van der Waals surface area contributed by atoms with Gasteiger partial charge in [0.25, 0.3) is 0 Å². The van der Waals surface area contributed by atoms with Gasteiger partial charge < -0.3 is 10.2 Å². The zero-order valence-electron chi connectivity index (χ0n) is 5.79. The molecule has 0 saturated heterocycles. The summed E-state index contributed by atoms with van der Waals surface area (Å²) in [5, 5.41) is 0. The molecule has 0 bridgehead atoms. The Morgan fingerprint density at radius 1 is 1.60 bits per heavy atom. The molecule has 0 atom stereocenters. The maximum atomic E-state index is 5.29. The van der Waals surface area contributed by atoms with E-state index in [-0.39, 0.29) is 0 Å². The minimum Gasteiger partial charge on any atom is -0.465 e. The third-order valence-corrected chi connectivity index (χ3v) is 1.16. The number of furan rings is 1. The summed E-state index contributed by atoms with van der Waals surface area (Å²) in [6.07, 6.45) is 6.48. The number of nitrogens with two attached hydrogens (primary N) is 1. The minimum absolute atomic E-state index is 0.692. The number of hydrogen-bond donors (Lipinski definition) is 1. The van der Waals surface area contributed by atoms with Crippen molar-refractivity contribution in [1.82, 2.24) is 0 Å². The maximum absolute atomic E-state index is 5.29. The van der Waals surface area contributed by atoms with Crippen molar-refractivity contribution in [2.75, 3.05) is 6.54 Å². The summed E-state index contributed by atoms with van der Waals surface area (Å²) < 4.78 is 5.05. The van der Waals surface area contributed by atoms with E-state index in [0.29, 0.717) is 6.54 Å². The van der Waals surface area contributed by atoms with Gasteiger partial charge in [0.2, 0.25) is 0 Å². The Morgan fingerprint density at radius 3 is 3.10 bits per heavy atom. The fourth-order valence-electron chi connectivity index (χ4n) is 0.682. The van der Waals surface area contributed by atoms with Gasteiger partial charge in [-0.2, -0.15) is 0 Å². The summed E-state index contributed by atoms with van der Waals surface area (Å²) in [6, 6.07) is 3.77. The molecule has 1 heterocycles. The van der Waals surface area contributed by atoms with Crippen LogP contribution in [0, 0.1) is 0 Å². The molecule has 0 aliphatic rings. The molecule has 1 rings (SSSR count). The predicted octanol–water partition coefficient (Wildman–Crippen LogP) is 1.64. The van der Waals surface area contributed by atoms with Gasteiger partial charge in [-0.05, 0) is 31.2 Å². The molecule has 0 amide bonds. The summed E-state index contributed by atoms with van der Waals surface area (Å²) in [7, 11) is 0. The highest BCUT2D eigenvalue weighted by atomic mass is 16.3. The molecule has 0 radical (unpaired) electrons. The van der Waals surface area contributed by atoms with Gasteiger partial charge in [-0.25, -0.2) is 0 Å². The van der Waals surface area contributed by atoms with E-state index in [4.69, 9.17) is 10.2 Å². The van der Waals surface area contributed by atoms with Crippen molar-refractivity contribution < 1.29 is 4.42 Å². The van der Waals surface area contributed by atoms with Crippen molar-refractivity contribution in [1.29, 1.82) is 0 Å². The van der Waals surface area contributed by atoms with E-state index < -0.39 is 0 Å². The van der Waals surface area contributed by atoms with E-state index in [2.05, 4.69) is 0 Å². The lowest BCUT2D eigenvalue weighted by Crippen LogP contribution is -1.94. The molecule has 2 nitrogen and oxygen atoms in total. The molecule has 0 aliphatic heterocycles. The Balaban J connectivity index is 2.40. The lowest BCUT2D eigenvalue weighted by molar-refractivity contribution is 0.557. The van der Waals surface area contributed by atoms with E-state index in [1.165, 1.54) is 0 Å². The van der Waals surface area contributed by atoms with Crippen LogP contribution < -0.4 is 5.73 Å². The van der Waals surface area contributed by atoms with Gasteiger partial charge in [0.1, 0.15) is 5.76 Å². The van der Waals surface area contributed by atoms with Crippen molar-refractivity contribution in [3.8, 4) is 0 Å². The SMILES string of the molecule is NCCC=Cc1ccco1. The van der Waals surface area contributed by atoms with Crippen molar-refractivity contribution in [2.24, 2.45) is 5.73 Å². The molecule has 0 fully saturated rings. The second-order valence-corrected chi connectivity index (χ2v) is 2.00. The van der Waals surface area contributed by atoms with Crippen LogP contribution in [0.5, 0.6) is 0 Å². The Kier molecular flexibility index (Phi) is 2.77. The average molecular weight is 137 g/mol. The van der Waals surface area contributed by atoms with Crippen LogP contribution in [0.15, 0.2) is 28.9 Å². The highest BCUT2D eigenvalue weighted by Crippen LogP contribution is 2.02. The fraction of sp³-hybridized carbons (Fsp3) is 0.250. The minimum atomic E-state index is 0.692. The van der Waals surface area contributed by atoms with E-state index in [0.717, 1.165) is 12.2 Å². The van der Waals surface area contributed by atoms with E-state index >= 15 is 0 Å². The molecular formula is C8H11NO. The standard InChI is InChI=1S/C8H11NO/c9-6-2-1-4-8-5-3-7-10-8/h1,3-5,7H,2,6,9H2. The van der Waals surface area contributed by atoms with Gasteiger partial charge in [-0.3, -0.25) is 0 Å². The van der Waals surface area contributed by atoms with Crippen LogP contribution >= 0.6 is 0 Å². The van der Waals surface area contributed by atoms with Crippen molar-refractivity contribution in [3.63, 3.8) is 0 Å². The number of rotatable bonds is 3.